The van der Waals surface area contributed by atoms with Gasteiger partial charge >= 0.3 is 0 Å². The Morgan fingerprint density at radius 3 is 2.67 bits per heavy atom. The van der Waals surface area contributed by atoms with Crippen molar-refractivity contribution in [2.24, 2.45) is 12.9 Å². The van der Waals surface area contributed by atoms with Gasteiger partial charge in [-0.2, -0.15) is 5.10 Å². The number of benzene rings is 1. The third-order valence-electron chi connectivity index (χ3n) is 3.62. The van der Waals surface area contributed by atoms with Crippen LogP contribution in [0.3, 0.4) is 0 Å². The van der Waals surface area contributed by atoms with Gasteiger partial charge in [0.15, 0.2) is 0 Å². The molecule has 1 aromatic heterocycles. The van der Waals surface area contributed by atoms with E-state index in [1.807, 2.05) is 30.8 Å². The van der Waals surface area contributed by atoms with E-state index in [1.54, 1.807) is 7.11 Å². The Morgan fingerprint density at radius 1 is 1.43 bits per heavy atom. The standard InChI is InChI=1S/C15H21BrN4O/c1-9-5-6-14(21-4)11(7-9)12(18-17)8-13-15(16)10(2)19-20(13)3/h5-7,12,18H,8,17H2,1-4H3. The van der Waals surface area contributed by atoms with Gasteiger partial charge in [0.25, 0.3) is 0 Å². The first-order valence-corrected chi connectivity index (χ1v) is 7.55. The topological polar surface area (TPSA) is 65.1 Å². The first-order chi connectivity index (χ1) is 9.97. The number of methoxy groups -OCH3 is 1. The number of hydrogen-bond donors (Lipinski definition) is 2. The van der Waals surface area contributed by atoms with Crippen LogP contribution in [0.25, 0.3) is 0 Å². The molecule has 0 spiro atoms. The Labute approximate surface area is 133 Å². The van der Waals surface area contributed by atoms with Crippen LogP contribution in [0.1, 0.15) is 28.6 Å². The molecule has 0 saturated carbocycles. The summed E-state index contributed by atoms with van der Waals surface area (Å²) in [7, 11) is 3.61. The second-order valence-electron chi connectivity index (χ2n) is 5.14. The van der Waals surface area contributed by atoms with Gasteiger partial charge in [-0.05, 0) is 35.8 Å². The van der Waals surface area contributed by atoms with Crippen LogP contribution in [-0.2, 0) is 13.5 Å². The Hall–Kier alpha value is -1.37. The molecule has 1 atom stereocenters. The number of hydrogen-bond acceptors (Lipinski definition) is 4. The molecule has 0 fully saturated rings. The minimum absolute atomic E-state index is 0.0500. The van der Waals surface area contributed by atoms with E-state index in [2.05, 4.69) is 39.4 Å². The Morgan fingerprint density at radius 2 is 2.14 bits per heavy atom. The van der Waals surface area contributed by atoms with Crippen LogP contribution in [0, 0.1) is 13.8 Å². The molecule has 114 valence electrons. The van der Waals surface area contributed by atoms with E-state index in [-0.39, 0.29) is 6.04 Å². The lowest BCUT2D eigenvalue weighted by atomic mass is 9.99. The van der Waals surface area contributed by atoms with Crippen LogP contribution in [0.5, 0.6) is 5.75 Å². The smallest absolute Gasteiger partial charge is 0.123 e. The number of nitrogens with zero attached hydrogens (tertiary/aromatic N) is 2. The summed E-state index contributed by atoms with van der Waals surface area (Å²) in [4.78, 5) is 0. The number of hydrazine groups is 1. The normalized spacial score (nSPS) is 12.5. The molecule has 1 aromatic carbocycles. The summed E-state index contributed by atoms with van der Waals surface area (Å²) in [6.45, 7) is 4.03. The lowest BCUT2D eigenvalue weighted by Crippen LogP contribution is -2.30. The molecule has 21 heavy (non-hydrogen) atoms. The fraction of sp³-hybridized carbons (Fsp3) is 0.400. The van der Waals surface area contributed by atoms with Gasteiger partial charge in [0.1, 0.15) is 5.75 Å². The summed E-state index contributed by atoms with van der Waals surface area (Å²) in [5.41, 5.74) is 7.18. The van der Waals surface area contributed by atoms with Gasteiger partial charge in [0, 0.05) is 19.0 Å². The monoisotopic (exact) mass is 352 g/mol. The second kappa shape index (κ2) is 6.60. The molecule has 0 saturated heterocycles. The van der Waals surface area contributed by atoms with Gasteiger partial charge in [0.2, 0.25) is 0 Å². The number of halogens is 1. The maximum atomic E-state index is 5.78. The molecule has 0 amide bonds. The lowest BCUT2D eigenvalue weighted by molar-refractivity contribution is 0.397. The molecule has 5 nitrogen and oxygen atoms in total. The molecule has 0 bridgehead atoms. The molecule has 0 aliphatic carbocycles. The van der Waals surface area contributed by atoms with Crippen molar-refractivity contribution in [1.82, 2.24) is 15.2 Å². The maximum absolute atomic E-state index is 5.78. The zero-order valence-corrected chi connectivity index (χ0v) is 14.4. The van der Waals surface area contributed by atoms with Gasteiger partial charge in [-0.3, -0.25) is 16.0 Å². The molecular formula is C15H21BrN4O. The van der Waals surface area contributed by atoms with Crippen molar-refractivity contribution in [2.75, 3.05) is 7.11 Å². The molecule has 0 aliphatic heterocycles. The highest BCUT2D eigenvalue weighted by molar-refractivity contribution is 9.10. The van der Waals surface area contributed by atoms with Gasteiger partial charge in [-0.1, -0.05) is 17.7 Å². The average molecular weight is 353 g/mol. The molecular weight excluding hydrogens is 332 g/mol. The molecule has 2 rings (SSSR count). The minimum atomic E-state index is -0.0500. The highest BCUT2D eigenvalue weighted by atomic mass is 79.9. The Bertz CT molecular complexity index is 639. The highest BCUT2D eigenvalue weighted by Gasteiger charge is 2.20. The molecule has 1 heterocycles. The summed E-state index contributed by atoms with van der Waals surface area (Å²) in [6, 6.07) is 6.05. The number of nitrogens with one attached hydrogen (secondary N) is 1. The van der Waals surface area contributed by atoms with E-state index < -0.39 is 0 Å². The number of nitrogens with two attached hydrogens (primary N) is 1. The summed E-state index contributed by atoms with van der Waals surface area (Å²) >= 11 is 3.60. The van der Waals surface area contributed by atoms with Crippen LogP contribution >= 0.6 is 15.9 Å². The van der Waals surface area contributed by atoms with E-state index in [1.165, 1.54) is 5.56 Å². The van der Waals surface area contributed by atoms with Crippen molar-refractivity contribution < 1.29 is 4.74 Å². The van der Waals surface area contributed by atoms with Gasteiger partial charge < -0.3 is 4.74 Å². The van der Waals surface area contributed by atoms with Crippen LogP contribution in [0.4, 0.5) is 0 Å². The van der Waals surface area contributed by atoms with E-state index >= 15 is 0 Å². The fourth-order valence-corrected chi connectivity index (χ4v) is 2.98. The molecule has 0 radical (unpaired) electrons. The zero-order chi connectivity index (χ0) is 15.6. The van der Waals surface area contributed by atoms with Crippen LogP contribution in [0.15, 0.2) is 22.7 Å². The highest BCUT2D eigenvalue weighted by Crippen LogP contribution is 2.30. The van der Waals surface area contributed by atoms with E-state index in [0.29, 0.717) is 6.42 Å². The first kappa shape index (κ1) is 16.0. The van der Waals surface area contributed by atoms with Crippen molar-refractivity contribution in [3.8, 4) is 5.75 Å². The van der Waals surface area contributed by atoms with Crippen LogP contribution < -0.4 is 16.0 Å². The number of aromatic nitrogens is 2. The third-order valence-corrected chi connectivity index (χ3v) is 4.65. The molecule has 3 N–H and O–H groups in total. The van der Waals surface area contributed by atoms with Crippen LogP contribution in [0.2, 0.25) is 0 Å². The number of ether oxygens (including phenoxy) is 1. The van der Waals surface area contributed by atoms with Gasteiger partial charge in [0.05, 0.1) is 29.0 Å². The predicted octanol–water partition coefficient (Wildman–Crippen LogP) is 2.56. The van der Waals surface area contributed by atoms with Crippen molar-refractivity contribution in [3.63, 3.8) is 0 Å². The number of aryl methyl sites for hydroxylation is 3. The Balaban J connectivity index is 2.38. The largest absolute Gasteiger partial charge is 0.496 e. The molecule has 1 unspecified atom stereocenters. The van der Waals surface area contributed by atoms with Crippen molar-refractivity contribution >= 4 is 15.9 Å². The van der Waals surface area contributed by atoms with Gasteiger partial charge in [-0.25, -0.2) is 0 Å². The lowest BCUT2D eigenvalue weighted by Gasteiger charge is -2.20. The van der Waals surface area contributed by atoms with Crippen LogP contribution in [-0.4, -0.2) is 16.9 Å². The SMILES string of the molecule is COc1ccc(C)cc1C(Cc1c(Br)c(C)nn1C)NN. The predicted molar refractivity (Wildman–Crippen MR) is 87.1 cm³/mol. The third kappa shape index (κ3) is 3.28. The number of rotatable bonds is 5. The second-order valence-corrected chi connectivity index (χ2v) is 5.93. The molecule has 2 aromatic rings. The van der Waals surface area contributed by atoms with Crippen molar-refractivity contribution in [1.29, 1.82) is 0 Å². The molecule has 6 heteroatoms. The van der Waals surface area contributed by atoms with Crippen molar-refractivity contribution in [2.45, 2.75) is 26.3 Å². The first-order valence-electron chi connectivity index (χ1n) is 6.76. The average Bonchev–Trinajstić information content (AvgIpc) is 2.70. The van der Waals surface area contributed by atoms with E-state index in [9.17, 15) is 0 Å². The van der Waals surface area contributed by atoms with Gasteiger partial charge in [-0.15, -0.1) is 0 Å². The summed E-state index contributed by atoms with van der Waals surface area (Å²) in [5.74, 6) is 6.61. The summed E-state index contributed by atoms with van der Waals surface area (Å²) in [5, 5.41) is 4.42. The minimum Gasteiger partial charge on any atom is -0.496 e. The molecule has 0 aliphatic rings. The quantitative estimate of drug-likeness (QED) is 0.641. The Kier molecular flexibility index (Phi) is 5.03. The summed E-state index contributed by atoms with van der Waals surface area (Å²) in [6.07, 6.45) is 0.717. The van der Waals surface area contributed by atoms with E-state index in [0.717, 1.165) is 27.2 Å². The van der Waals surface area contributed by atoms with Crippen molar-refractivity contribution in [3.05, 3.63) is 45.2 Å². The van der Waals surface area contributed by atoms with E-state index in [4.69, 9.17) is 10.6 Å². The fourth-order valence-electron chi connectivity index (χ4n) is 2.48. The zero-order valence-electron chi connectivity index (χ0n) is 12.8. The maximum Gasteiger partial charge on any atom is 0.123 e. The summed E-state index contributed by atoms with van der Waals surface area (Å²) < 4.78 is 8.36.